The van der Waals surface area contributed by atoms with E-state index in [0.29, 0.717) is 5.58 Å². The number of carbonyl (C=O) groups excluding carboxylic acids is 1. The summed E-state index contributed by atoms with van der Waals surface area (Å²) in [4.78, 5) is 15.6. The Bertz CT molecular complexity index is 507. The number of nitrogens with one attached hydrogen (secondary N) is 2. The average molecular weight is 219 g/mol. The summed E-state index contributed by atoms with van der Waals surface area (Å²) in [6, 6.07) is 5.56. The van der Waals surface area contributed by atoms with Gasteiger partial charge in [-0.2, -0.15) is 0 Å². The quantitative estimate of drug-likeness (QED) is 0.761. The van der Waals surface area contributed by atoms with E-state index in [1.807, 2.05) is 25.1 Å². The number of nitrogens with zero attached hydrogens (tertiary/aromatic N) is 1. The molecule has 0 saturated carbocycles. The lowest BCUT2D eigenvalue weighted by Gasteiger charge is -2.11. The van der Waals surface area contributed by atoms with Gasteiger partial charge in [0.05, 0.1) is 5.92 Å². The molecule has 1 amide bonds. The molecular formula is C11H13N3O2. The van der Waals surface area contributed by atoms with Crippen molar-refractivity contribution in [2.24, 2.45) is 0 Å². The largest absolute Gasteiger partial charge is 0.443 e. The number of aromatic nitrogens is 1. The zero-order chi connectivity index (χ0) is 11.5. The fourth-order valence-electron chi connectivity index (χ4n) is 1.52. The number of oxazole rings is 1. The fraction of sp³-hybridized carbons (Fsp3) is 0.273. The predicted molar refractivity (Wildman–Crippen MR) is 59.6 cm³/mol. The molecule has 0 spiro atoms. The van der Waals surface area contributed by atoms with Gasteiger partial charge in [0.2, 0.25) is 5.91 Å². The average Bonchev–Trinajstić information content (AvgIpc) is 2.75. The molecule has 0 bridgehead atoms. The number of benzene rings is 1. The van der Waals surface area contributed by atoms with E-state index < -0.39 is 0 Å². The highest BCUT2D eigenvalue weighted by atomic mass is 16.3. The van der Waals surface area contributed by atoms with E-state index in [2.05, 4.69) is 15.8 Å². The molecule has 84 valence electrons. The van der Waals surface area contributed by atoms with E-state index in [9.17, 15) is 4.79 Å². The first-order valence-corrected chi connectivity index (χ1v) is 5.02. The van der Waals surface area contributed by atoms with Crippen molar-refractivity contribution in [3.8, 4) is 0 Å². The number of amides is 1. The second kappa shape index (κ2) is 4.32. The van der Waals surface area contributed by atoms with Gasteiger partial charge in [0.1, 0.15) is 5.52 Å². The second-order valence-corrected chi connectivity index (χ2v) is 3.54. The van der Waals surface area contributed by atoms with E-state index >= 15 is 0 Å². The first-order valence-electron chi connectivity index (χ1n) is 5.02. The molecule has 16 heavy (non-hydrogen) atoms. The number of rotatable bonds is 3. The van der Waals surface area contributed by atoms with Gasteiger partial charge < -0.3 is 4.42 Å². The van der Waals surface area contributed by atoms with Crippen LogP contribution in [0.4, 0.5) is 0 Å². The minimum atomic E-state index is -0.234. The molecule has 1 atom stereocenters. The molecule has 1 unspecified atom stereocenters. The van der Waals surface area contributed by atoms with Crippen LogP contribution in [-0.4, -0.2) is 17.9 Å². The number of hydrogen-bond donors (Lipinski definition) is 2. The molecule has 0 saturated heterocycles. The van der Waals surface area contributed by atoms with Crippen molar-refractivity contribution in [3.05, 3.63) is 30.2 Å². The Hall–Kier alpha value is -1.88. The summed E-state index contributed by atoms with van der Waals surface area (Å²) in [5, 5.41) is 0. The van der Waals surface area contributed by atoms with Gasteiger partial charge in [-0.15, -0.1) is 0 Å². The molecule has 1 heterocycles. The molecule has 2 aromatic rings. The van der Waals surface area contributed by atoms with Crippen LogP contribution < -0.4 is 10.9 Å². The minimum absolute atomic E-state index is 0.0821. The maximum absolute atomic E-state index is 11.6. The zero-order valence-electron chi connectivity index (χ0n) is 9.15. The maximum Gasteiger partial charge on any atom is 0.241 e. The van der Waals surface area contributed by atoms with Crippen LogP contribution >= 0.6 is 0 Å². The van der Waals surface area contributed by atoms with Gasteiger partial charge in [-0.25, -0.2) is 10.4 Å². The summed E-state index contributed by atoms with van der Waals surface area (Å²) < 4.78 is 5.19. The molecule has 1 aromatic heterocycles. The van der Waals surface area contributed by atoms with Crippen molar-refractivity contribution >= 4 is 17.0 Å². The third kappa shape index (κ3) is 1.90. The lowest BCUT2D eigenvalue weighted by Crippen LogP contribution is -2.37. The summed E-state index contributed by atoms with van der Waals surface area (Å²) in [6.45, 7) is 1.84. The van der Waals surface area contributed by atoms with E-state index in [-0.39, 0.29) is 11.8 Å². The monoisotopic (exact) mass is 219 g/mol. The van der Waals surface area contributed by atoms with Crippen LogP contribution in [0.3, 0.4) is 0 Å². The lowest BCUT2D eigenvalue weighted by molar-refractivity contribution is -0.123. The number of hydrogen-bond acceptors (Lipinski definition) is 4. The highest BCUT2D eigenvalue weighted by Crippen LogP contribution is 2.20. The molecule has 0 aliphatic heterocycles. The smallest absolute Gasteiger partial charge is 0.241 e. The summed E-state index contributed by atoms with van der Waals surface area (Å²) in [5.74, 6) is -0.316. The standard InChI is InChI=1S/C11H13N3O2/c1-7(11(15)14-12-2)8-3-4-9-10(5-8)16-6-13-9/h3-7,12H,1-2H3,(H,14,15). The van der Waals surface area contributed by atoms with Crippen LogP contribution in [0.5, 0.6) is 0 Å². The third-order valence-corrected chi connectivity index (χ3v) is 2.50. The van der Waals surface area contributed by atoms with Gasteiger partial charge in [0.25, 0.3) is 0 Å². The Morgan fingerprint density at radius 2 is 2.31 bits per heavy atom. The van der Waals surface area contributed by atoms with E-state index in [0.717, 1.165) is 11.1 Å². The third-order valence-electron chi connectivity index (χ3n) is 2.50. The van der Waals surface area contributed by atoms with Crippen LogP contribution in [0.2, 0.25) is 0 Å². The Morgan fingerprint density at radius 3 is 3.06 bits per heavy atom. The Kier molecular flexibility index (Phi) is 2.87. The van der Waals surface area contributed by atoms with Crippen molar-refractivity contribution in [3.63, 3.8) is 0 Å². The SMILES string of the molecule is CNNC(=O)C(C)c1ccc2ncoc2c1. The summed E-state index contributed by atoms with van der Waals surface area (Å²) >= 11 is 0. The van der Waals surface area contributed by atoms with Gasteiger partial charge in [-0.1, -0.05) is 6.07 Å². The normalized spacial score (nSPS) is 12.6. The second-order valence-electron chi connectivity index (χ2n) is 3.54. The molecule has 0 radical (unpaired) electrons. The molecule has 1 aromatic carbocycles. The summed E-state index contributed by atoms with van der Waals surface area (Å²) in [7, 11) is 1.66. The molecule has 2 rings (SSSR count). The van der Waals surface area contributed by atoms with Crippen molar-refractivity contribution in [1.29, 1.82) is 0 Å². The number of hydrazine groups is 1. The van der Waals surface area contributed by atoms with Crippen LogP contribution in [0.1, 0.15) is 18.4 Å². The van der Waals surface area contributed by atoms with Crippen molar-refractivity contribution < 1.29 is 9.21 Å². The topological polar surface area (TPSA) is 67.2 Å². The molecule has 5 nitrogen and oxygen atoms in total. The van der Waals surface area contributed by atoms with E-state index in [4.69, 9.17) is 4.42 Å². The Balaban J connectivity index is 2.28. The summed E-state index contributed by atoms with van der Waals surface area (Å²) in [5.41, 5.74) is 7.56. The molecule has 2 N–H and O–H groups in total. The Morgan fingerprint density at radius 1 is 1.50 bits per heavy atom. The van der Waals surface area contributed by atoms with Gasteiger partial charge in [-0.05, 0) is 24.6 Å². The zero-order valence-corrected chi connectivity index (χ0v) is 9.15. The predicted octanol–water partition coefficient (Wildman–Crippen LogP) is 1.18. The van der Waals surface area contributed by atoms with Crippen molar-refractivity contribution in [2.75, 3.05) is 7.05 Å². The lowest BCUT2D eigenvalue weighted by atomic mass is 10.0. The Labute approximate surface area is 92.8 Å². The van der Waals surface area contributed by atoms with Gasteiger partial charge in [0, 0.05) is 7.05 Å². The van der Waals surface area contributed by atoms with E-state index in [1.165, 1.54) is 6.39 Å². The first kappa shape index (κ1) is 10.6. The van der Waals surface area contributed by atoms with Crippen LogP contribution in [0, 0.1) is 0 Å². The van der Waals surface area contributed by atoms with Crippen LogP contribution in [0.15, 0.2) is 29.0 Å². The van der Waals surface area contributed by atoms with Crippen molar-refractivity contribution in [2.45, 2.75) is 12.8 Å². The highest BCUT2D eigenvalue weighted by molar-refractivity contribution is 5.84. The van der Waals surface area contributed by atoms with Crippen molar-refractivity contribution in [1.82, 2.24) is 15.8 Å². The number of fused-ring (bicyclic) bond motifs is 1. The molecule has 0 aliphatic rings. The van der Waals surface area contributed by atoms with E-state index in [1.54, 1.807) is 7.05 Å². The highest BCUT2D eigenvalue weighted by Gasteiger charge is 2.15. The molecule has 5 heteroatoms. The molecule has 0 fully saturated rings. The van der Waals surface area contributed by atoms with Gasteiger partial charge in [-0.3, -0.25) is 10.2 Å². The first-order chi connectivity index (χ1) is 7.72. The van der Waals surface area contributed by atoms with Crippen LogP contribution in [0.25, 0.3) is 11.1 Å². The molecular weight excluding hydrogens is 206 g/mol. The maximum atomic E-state index is 11.6. The molecule has 0 aliphatic carbocycles. The van der Waals surface area contributed by atoms with Gasteiger partial charge in [0.15, 0.2) is 12.0 Å². The fourth-order valence-corrected chi connectivity index (χ4v) is 1.52. The van der Waals surface area contributed by atoms with Gasteiger partial charge >= 0.3 is 0 Å². The minimum Gasteiger partial charge on any atom is -0.443 e. The van der Waals surface area contributed by atoms with Crippen LogP contribution in [-0.2, 0) is 4.79 Å². The summed E-state index contributed by atoms with van der Waals surface area (Å²) in [6.07, 6.45) is 1.40. The number of carbonyl (C=O) groups is 1.